The summed E-state index contributed by atoms with van der Waals surface area (Å²) in [6.07, 6.45) is 0.0312. The minimum atomic E-state index is -0.494. The van der Waals surface area contributed by atoms with Gasteiger partial charge in [0.05, 0.1) is 11.9 Å². The monoisotopic (exact) mass is 298 g/mol. The summed E-state index contributed by atoms with van der Waals surface area (Å²) >= 11 is 0. The molecule has 2 aromatic heterocycles. The number of nitrogens with two attached hydrogens (primary N) is 1. The molecule has 0 bridgehead atoms. The van der Waals surface area contributed by atoms with Crippen molar-refractivity contribution >= 4 is 16.8 Å². The van der Waals surface area contributed by atoms with E-state index in [1.807, 2.05) is 30.3 Å². The molecule has 2 N–H and O–H groups in total. The molecular formula is C15H14N4O3. The Balaban J connectivity index is 2.25. The first-order chi connectivity index (χ1) is 10.6. The first-order valence-electron chi connectivity index (χ1n) is 6.78. The first-order valence-corrected chi connectivity index (χ1v) is 6.78. The largest absolute Gasteiger partial charge is 0.370 e. The Hall–Kier alpha value is -2.96. The number of fused-ring (bicyclic) bond motifs is 1. The number of hydrogen-bond acceptors (Lipinski definition) is 5. The average Bonchev–Trinajstić information content (AvgIpc) is 2.90. The van der Waals surface area contributed by atoms with Crippen LogP contribution in [0.2, 0.25) is 0 Å². The van der Waals surface area contributed by atoms with Gasteiger partial charge >= 0.3 is 0 Å². The number of nitrogens with zero attached hydrogens (tertiary/aromatic N) is 3. The summed E-state index contributed by atoms with van der Waals surface area (Å²) in [4.78, 5) is 23.3. The van der Waals surface area contributed by atoms with Crippen molar-refractivity contribution in [2.75, 3.05) is 0 Å². The molecule has 0 saturated carbocycles. The van der Waals surface area contributed by atoms with Gasteiger partial charge in [0.15, 0.2) is 5.52 Å². The quantitative estimate of drug-likeness (QED) is 0.780. The molecule has 0 fully saturated rings. The molecule has 3 aromatic rings. The number of rotatable bonds is 4. The van der Waals surface area contributed by atoms with Gasteiger partial charge in [-0.05, 0) is 6.92 Å². The molecule has 0 spiro atoms. The zero-order valence-electron chi connectivity index (χ0n) is 11.9. The van der Waals surface area contributed by atoms with Crippen LogP contribution in [-0.4, -0.2) is 20.8 Å². The Morgan fingerprint density at radius 2 is 2.05 bits per heavy atom. The lowest BCUT2D eigenvalue weighted by Gasteiger charge is -2.07. The Bertz CT molecular complexity index is 896. The van der Waals surface area contributed by atoms with Gasteiger partial charge in [0, 0.05) is 12.0 Å². The Kier molecular flexibility index (Phi) is 3.46. The van der Waals surface area contributed by atoms with Crippen LogP contribution in [0.4, 0.5) is 0 Å². The number of benzene rings is 1. The number of carbonyl (C=O) groups is 1. The van der Waals surface area contributed by atoms with Crippen LogP contribution in [0.15, 0.2) is 39.6 Å². The van der Waals surface area contributed by atoms with Crippen molar-refractivity contribution < 1.29 is 9.32 Å². The SMILES string of the molecule is Cc1onc2c(=O)n(CCC(N)=O)nc(-c3ccccc3)c12. The molecule has 2 heterocycles. The van der Waals surface area contributed by atoms with E-state index in [2.05, 4.69) is 10.3 Å². The summed E-state index contributed by atoms with van der Waals surface area (Å²) in [7, 11) is 0. The summed E-state index contributed by atoms with van der Waals surface area (Å²) in [5.41, 5.74) is 6.38. The van der Waals surface area contributed by atoms with Crippen molar-refractivity contribution in [1.82, 2.24) is 14.9 Å². The fourth-order valence-electron chi connectivity index (χ4n) is 2.30. The maximum absolute atomic E-state index is 12.4. The molecule has 0 aliphatic carbocycles. The van der Waals surface area contributed by atoms with Gasteiger partial charge in [0.25, 0.3) is 5.56 Å². The number of hydrogen-bond donors (Lipinski definition) is 1. The van der Waals surface area contributed by atoms with Crippen molar-refractivity contribution in [2.45, 2.75) is 19.9 Å². The van der Waals surface area contributed by atoms with Gasteiger partial charge in [-0.2, -0.15) is 5.10 Å². The third kappa shape index (κ3) is 2.37. The van der Waals surface area contributed by atoms with E-state index in [9.17, 15) is 9.59 Å². The van der Waals surface area contributed by atoms with Gasteiger partial charge in [-0.3, -0.25) is 9.59 Å². The first kappa shape index (κ1) is 14.0. The lowest BCUT2D eigenvalue weighted by molar-refractivity contribution is -0.118. The normalized spacial score (nSPS) is 11.0. The molecule has 22 heavy (non-hydrogen) atoms. The number of aromatic nitrogens is 3. The number of amides is 1. The third-order valence-corrected chi connectivity index (χ3v) is 3.37. The fourth-order valence-corrected chi connectivity index (χ4v) is 2.30. The second-order valence-electron chi connectivity index (χ2n) is 4.92. The molecule has 1 aromatic carbocycles. The standard InChI is InChI=1S/C15H14N4O3/c1-9-12-13(10-5-3-2-4-6-10)17-19(8-7-11(16)20)15(21)14(12)18-22-9/h2-6H,7-8H2,1H3,(H2,16,20). The van der Waals surface area contributed by atoms with Crippen molar-refractivity contribution in [1.29, 1.82) is 0 Å². The topological polar surface area (TPSA) is 104 Å². The molecule has 112 valence electrons. The van der Waals surface area contributed by atoms with Gasteiger partial charge < -0.3 is 10.3 Å². The van der Waals surface area contributed by atoms with Crippen LogP contribution in [0, 0.1) is 6.92 Å². The number of primary amides is 1. The van der Waals surface area contributed by atoms with E-state index in [1.54, 1.807) is 6.92 Å². The second-order valence-corrected chi connectivity index (χ2v) is 4.92. The minimum Gasteiger partial charge on any atom is -0.370 e. The highest BCUT2D eigenvalue weighted by atomic mass is 16.5. The highest BCUT2D eigenvalue weighted by Crippen LogP contribution is 2.26. The third-order valence-electron chi connectivity index (χ3n) is 3.37. The smallest absolute Gasteiger partial charge is 0.296 e. The van der Waals surface area contributed by atoms with Crippen LogP contribution in [-0.2, 0) is 11.3 Å². The Morgan fingerprint density at radius 3 is 2.73 bits per heavy atom. The molecule has 0 saturated heterocycles. The molecule has 0 atom stereocenters. The lowest BCUT2D eigenvalue weighted by atomic mass is 10.1. The maximum atomic E-state index is 12.4. The van der Waals surface area contributed by atoms with Gasteiger partial charge in [-0.15, -0.1) is 0 Å². The molecule has 0 radical (unpaired) electrons. The van der Waals surface area contributed by atoms with Crippen LogP contribution < -0.4 is 11.3 Å². The van der Waals surface area contributed by atoms with Gasteiger partial charge in [0.2, 0.25) is 5.91 Å². The zero-order chi connectivity index (χ0) is 15.7. The van der Waals surface area contributed by atoms with Crippen molar-refractivity contribution in [3.05, 3.63) is 46.4 Å². The zero-order valence-corrected chi connectivity index (χ0v) is 11.9. The highest BCUT2D eigenvalue weighted by Gasteiger charge is 2.18. The Morgan fingerprint density at radius 1 is 1.32 bits per heavy atom. The predicted octanol–water partition coefficient (Wildman–Crippen LogP) is 1.24. The van der Waals surface area contributed by atoms with Crippen LogP contribution in [0.25, 0.3) is 22.2 Å². The molecule has 1 amide bonds. The van der Waals surface area contributed by atoms with Gasteiger partial charge in [0.1, 0.15) is 11.5 Å². The number of carbonyl (C=O) groups excluding carboxylic acids is 1. The minimum absolute atomic E-state index is 0.0312. The summed E-state index contributed by atoms with van der Waals surface area (Å²) < 4.78 is 6.35. The van der Waals surface area contributed by atoms with E-state index >= 15 is 0 Å². The Labute approximate surface area is 125 Å². The van der Waals surface area contributed by atoms with E-state index in [4.69, 9.17) is 10.3 Å². The summed E-state index contributed by atoms with van der Waals surface area (Å²) in [6, 6.07) is 9.42. The van der Waals surface area contributed by atoms with Gasteiger partial charge in [-0.25, -0.2) is 4.68 Å². The van der Waals surface area contributed by atoms with Crippen molar-refractivity contribution in [2.24, 2.45) is 5.73 Å². The van der Waals surface area contributed by atoms with Crippen molar-refractivity contribution in [3.63, 3.8) is 0 Å². The van der Waals surface area contributed by atoms with E-state index < -0.39 is 11.5 Å². The number of aryl methyl sites for hydroxylation is 2. The maximum Gasteiger partial charge on any atom is 0.296 e. The van der Waals surface area contributed by atoms with Crippen LogP contribution >= 0.6 is 0 Å². The van der Waals surface area contributed by atoms with Crippen LogP contribution in [0.3, 0.4) is 0 Å². The predicted molar refractivity (Wildman–Crippen MR) is 80.0 cm³/mol. The van der Waals surface area contributed by atoms with E-state index in [-0.39, 0.29) is 18.5 Å². The molecule has 7 nitrogen and oxygen atoms in total. The second kappa shape index (κ2) is 5.44. The summed E-state index contributed by atoms with van der Waals surface area (Å²) in [6.45, 7) is 1.84. The summed E-state index contributed by atoms with van der Waals surface area (Å²) in [5.74, 6) is 0.0342. The van der Waals surface area contributed by atoms with Crippen LogP contribution in [0.5, 0.6) is 0 Å². The molecule has 3 rings (SSSR count). The summed E-state index contributed by atoms with van der Waals surface area (Å²) in [5, 5.41) is 8.79. The fraction of sp³-hybridized carbons (Fsp3) is 0.200. The highest BCUT2D eigenvalue weighted by molar-refractivity contribution is 5.92. The van der Waals surface area contributed by atoms with Crippen LogP contribution in [0.1, 0.15) is 12.2 Å². The molecule has 0 aliphatic rings. The van der Waals surface area contributed by atoms with Gasteiger partial charge in [-0.1, -0.05) is 35.5 Å². The molecule has 0 unspecified atom stereocenters. The average molecular weight is 298 g/mol. The van der Waals surface area contributed by atoms with E-state index in [1.165, 1.54) is 4.68 Å². The van der Waals surface area contributed by atoms with E-state index in [0.29, 0.717) is 16.8 Å². The van der Waals surface area contributed by atoms with E-state index in [0.717, 1.165) is 5.56 Å². The molecular weight excluding hydrogens is 284 g/mol. The van der Waals surface area contributed by atoms with Crippen molar-refractivity contribution in [3.8, 4) is 11.3 Å². The molecule has 0 aliphatic heterocycles. The molecule has 7 heteroatoms. The lowest BCUT2D eigenvalue weighted by Crippen LogP contribution is -2.26.